The van der Waals surface area contributed by atoms with Crippen molar-refractivity contribution in [2.75, 3.05) is 19.6 Å². The summed E-state index contributed by atoms with van der Waals surface area (Å²) >= 11 is 0. The van der Waals surface area contributed by atoms with Crippen molar-refractivity contribution in [2.24, 2.45) is 0 Å². The largest absolute Gasteiger partial charge is 0.455 e. The van der Waals surface area contributed by atoms with Gasteiger partial charge in [0.05, 0.1) is 5.56 Å². The van der Waals surface area contributed by atoms with Gasteiger partial charge in [-0.1, -0.05) is 25.1 Å². The van der Waals surface area contributed by atoms with Crippen LogP contribution in [0, 0.1) is 6.92 Å². The molecule has 0 spiro atoms. The summed E-state index contributed by atoms with van der Waals surface area (Å²) < 4.78 is 33.4. The zero-order chi connectivity index (χ0) is 20.0. The van der Waals surface area contributed by atoms with Crippen molar-refractivity contribution < 1.29 is 17.9 Å². The smallest absolute Gasteiger partial charge is 0.257 e. The van der Waals surface area contributed by atoms with Gasteiger partial charge in [-0.2, -0.15) is 0 Å². The zero-order valence-corrected chi connectivity index (χ0v) is 17.0. The van der Waals surface area contributed by atoms with Crippen molar-refractivity contribution in [2.45, 2.75) is 32.6 Å². The van der Waals surface area contributed by atoms with Gasteiger partial charge >= 0.3 is 0 Å². The van der Waals surface area contributed by atoms with Crippen LogP contribution in [-0.2, 0) is 10.0 Å². The molecule has 2 aromatic rings. The molecule has 0 atom stereocenters. The lowest BCUT2D eigenvalue weighted by Gasteiger charge is -2.21. The number of ether oxygens (including phenoxy) is 1. The number of carbonyl (C=O) groups excluding carboxylic acids is 1. The Bertz CT molecular complexity index is 906. The van der Waals surface area contributed by atoms with Gasteiger partial charge in [-0.05, 0) is 50.6 Å². The first-order chi connectivity index (χ1) is 12.8. The topological polar surface area (TPSA) is 75.7 Å². The molecule has 0 aliphatic heterocycles. The third kappa shape index (κ3) is 4.87. The number of sulfonamides is 1. The van der Waals surface area contributed by atoms with E-state index in [9.17, 15) is 13.2 Å². The van der Waals surface area contributed by atoms with Crippen molar-refractivity contribution in [1.29, 1.82) is 0 Å². The Kier molecular flexibility index (Phi) is 6.98. The average Bonchev–Trinajstić information content (AvgIpc) is 2.63. The fourth-order valence-corrected chi connectivity index (χ4v) is 3.86. The Hall–Kier alpha value is -2.38. The predicted molar refractivity (Wildman–Crippen MR) is 106 cm³/mol. The minimum absolute atomic E-state index is 0.0417. The van der Waals surface area contributed by atoms with Crippen LogP contribution >= 0.6 is 0 Å². The summed E-state index contributed by atoms with van der Waals surface area (Å²) in [6, 6.07) is 11.7. The van der Waals surface area contributed by atoms with Crippen LogP contribution in [0.4, 0.5) is 0 Å². The van der Waals surface area contributed by atoms with Crippen LogP contribution in [-0.4, -0.2) is 38.9 Å². The Balaban J connectivity index is 2.50. The zero-order valence-electron chi connectivity index (χ0n) is 16.2. The summed E-state index contributed by atoms with van der Waals surface area (Å²) in [6.45, 7) is 8.81. The average molecular weight is 391 g/mol. The standard InChI is InChI=1S/C20H26N2O4S/c1-5-21-27(24,25)19-13-12-15(4)14-18(19)26-17-11-9-8-10-16(17)20(23)22(6-2)7-3/h8-14,21H,5-7H2,1-4H3. The van der Waals surface area contributed by atoms with E-state index in [0.29, 0.717) is 24.4 Å². The van der Waals surface area contributed by atoms with Gasteiger partial charge in [0.1, 0.15) is 16.4 Å². The number of benzene rings is 2. The highest BCUT2D eigenvalue weighted by molar-refractivity contribution is 7.89. The van der Waals surface area contributed by atoms with Crippen LogP contribution in [0.5, 0.6) is 11.5 Å². The summed E-state index contributed by atoms with van der Waals surface area (Å²) in [7, 11) is -3.71. The number of para-hydroxylation sites is 1. The lowest BCUT2D eigenvalue weighted by molar-refractivity contribution is 0.0770. The quantitative estimate of drug-likeness (QED) is 0.748. The third-order valence-electron chi connectivity index (χ3n) is 4.11. The Labute approximate surface area is 161 Å². The van der Waals surface area contributed by atoms with Gasteiger partial charge in [0.2, 0.25) is 10.0 Å². The third-order valence-corrected chi connectivity index (χ3v) is 5.70. The maximum Gasteiger partial charge on any atom is 0.257 e. The second kappa shape index (κ2) is 9.01. The normalized spacial score (nSPS) is 11.3. The van der Waals surface area contributed by atoms with E-state index in [1.54, 1.807) is 48.2 Å². The van der Waals surface area contributed by atoms with Crippen molar-refractivity contribution in [3.8, 4) is 11.5 Å². The highest BCUT2D eigenvalue weighted by Gasteiger charge is 2.22. The van der Waals surface area contributed by atoms with E-state index in [0.717, 1.165) is 5.56 Å². The minimum atomic E-state index is -3.71. The lowest BCUT2D eigenvalue weighted by atomic mass is 10.1. The van der Waals surface area contributed by atoms with Gasteiger partial charge < -0.3 is 9.64 Å². The van der Waals surface area contributed by atoms with E-state index in [1.807, 2.05) is 20.8 Å². The van der Waals surface area contributed by atoms with Crippen molar-refractivity contribution in [3.05, 3.63) is 53.6 Å². The van der Waals surface area contributed by atoms with Gasteiger partial charge in [-0.3, -0.25) is 4.79 Å². The summed E-state index contributed by atoms with van der Waals surface area (Å²) in [6.07, 6.45) is 0. The van der Waals surface area contributed by atoms with E-state index >= 15 is 0 Å². The van der Waals surface area contributed by atoms with Gasteiger partial charge in [-0.15, -0.1) is 0 Å². The second-order valence-corrected chi connectivity index (χ2v) is 7.76. The van der Waals surface area contributed by atoms with Crippen molar-refractivity contribution in [1.82, 2.24) is 9.62 Å². The molecule has 0 radical (unpaired) electrons. The molecule has 0 unspecified atom stereocenters. The molecule has 2 rings (SSSR count). The van der Waals surface area contributed by atoms with Crippen LogP contribution in [0.1, 0.15) is 36.7 Å². The molecule has 0 saturated carbocycles. The van der Waals surface area contributed by atoms with Gasteiger partial charge in [-0.25, -0.2) is 13.1 Å². The molecule has 1 amide bonds. The maximum absolute atomic E-state index is 12.8. The molecular weight excluding hydrogens is 364 g/mol. The van der Waals surface area contributed by atoms with Crippen LogP contribution in [0.3, 0.4) is 0 Å². The number of aryl methyl sites for hydroxylation is 1. The molecule has 0 aromatic heterocycles. The number of nitrogens with zero attached hydrogens (tertiary/aromatic N) is 1. The Morgan fingerprint density at radius 3 is 2.33 bits per heavy atom. The number of hydrogen-bond acceptors (Lipinski definition) is 4. The molecule has 1 N–H and O–H groups in total. The number of amides is 1. The minimum Gasteiger partial charge on any atom is -0.455 e. The molecule has 0 fully saturated rings. The first-order valence-electron chi connectivity index (χ1n) is 9.00. The first kappa shape index (κ1) is 20.9. The van der Waals surface area contributed by atoms with E-state index in [-0.39, 0.29) is 23.1 Å². The summed E-state index contributed by atoms with van der Waals surface area (Å²) in [5.41, 5.74) is 1.25. The first-order valence-corrected chi connectivity index (χ1v) is 10.5. The maximum atomic E-state index is 12.8. The molecule has 7 heteroatoms. The van der Waals surface area contributed by atoms with Gasteiger partial charge in [0, 0.05) is 19.6 Å². The fraction of sp³-hybridized carbons (Fsp3) is 0.350. The number of carbonyl (C=O) groups is 1. The molecule has 27 heavy (non-hydrogen) atoms. The monoisotopic (exact) mass is 390 g/mol. The number of hydrogen-bond donors (Lipinski definition) is 1. The van der Waals surface area contributed by atoms with Gasteiger partial charge in [0.15, 0.2) is 0 Å². The summed E-state index contributed by atoms with van der Waals surface area (Å²) in [4.78, 5) is 14.5. The van der Waals surface area contributed by atoms with E-state index in [1.165, 1.54) is 6.07 Å². The van der Waals surface area contributed by atoms with Gasteiger partial charge in [0.25, 0.3) is 5.91 Å². The van der Waals surface area contributed by atoms with Crippen molar-refractivity contribution >= 4 is 15.9 Å². The van der Waals surface area contributed by atoms with Crippen molar-refractivity contribution in [3.63, 3.8) is 0 Å². The van der Waals surface area contributed by atoms with E-state index < -0.39 is 10.0 Å². The van der Waals surface area contributed by atoms with Crippen LogP contribution in [0.25, 0.3) is 0 Å². The van der Waals surface area contributed by atoms with E-state index in [4.69, 9.17) is 4.74 Å². The molecule has 6 nitrogen and oxygen atoms in total. The molecule has 0 bridgehead atoms. The molecule has 0 heterocycles. The van der Waals surface area contributed by atoms with Crippen LogP contribution in [0.15, 0.2) is 47.4 Å². The highest BCUT2D eigenvalue weighted by Crippen LogP contribution is 2.32. The second-order valence-electron chi connectivity index (χ2n) is 6.03. The molecule has 0 aliphatic carbocycles. The lowest BCUT2D eigenvalue weighted by Crippen LogP contribution is -2.30. The predicted octanol–water partition coefficient (Wildman–Crippen LogP) is 3.57. The molecular formula is C20H26N2O4S. The fourth-order valence-electron chi connectivity index (χ4n) is 2.72. The van der Waals surface area contributed by atoms with E-state index in [2.05, 4.69) is 4.72 Å². The SMILES string of the molecule is CCNS(=O)(=O)c1ccc(C)cc1Oc1ccccc1C(=O)N(CC)CC. The molecule has 2 aromatic carbocycles. The summed E-state index contributed by atoms with van der Waals surface area (Å²) in [5, 5.41) is 0. The highest BCUT2D eigenvalue weighted by atomic mass is 32.2. The number of nitrogens with one attached hydrogen (secondary N) is 1. The number of rotatable bonds is 8. The molecule has 0 aliphatic rings. The Morgan fingerprint density at radius 2 is 1.70 bits per heavy atom. The molecule has 146 valence electrons. The van der Waals surface area contributed by atoms with Crippen LogP contribution in [0.2, 0.25) is 0 Å². The Morgan fingerprint density at radius 1 is 1.04 bits per heavy atom. The van der Waals surface area contributed by atoms with Crippen LogP contribution < -0.4 is 9.46 Å². The summed E-state index contributed by atoms with van der Waals surface area (Å²) in [5.74, 6) is 0.364. The molecule has 0 saturated heterocycles.